The van der Waals surface area contributed by atoms with Crippen LogP contribution in [0.3, 0.4) is 0 Å². The van der Waals surface area contributed by atoms with Gasteiger partial charge in [0.25, 0.3) is 0 Å². The zero-order chi connectivity index (χ0) is 14.1. The quantitative estimate of drug-likeness (QED) is 0.317. The number of aryl methyl sites for hydroxylation is 1. The Balaban J connectivity index is 2.49. The summed E-state index contributed by atoms with van der Waals surface area (Å²) < 4.78 is 10.3. The van der Waals surface area contributed by atoms with Gasteiger partial charge in [0.1, 0.15) is 13.6 Å². The molecule has 3 nitrogen and oxygen atoms in total. The summed E-state index contributed by atoms with van der Waals surface area (Å²) in [5.41, 5.74) is 1.05. The molecule has 0 aromatic heterocycles. The molecule has 0 spiro atoms. The van der Waals surface area contributed by atoms with Crippen LogP contribution in [0.4, 0.5) is 0 Å². The molecule has 0 saturated heterocycles. The van der Waals surface area contributed by atoms with Gasteiger partial charge in [-0.2, -0.15) is 0 Å². The number of rotatable bonds is 8. The van der Waals surface area contributed by atoms with Gasteiger partial charge >= 0.3 is 5.97 Å². The van der Waals surface area contributed by atoms with Crippen molar-refractivity contribution in [2.24, 2.45) is 0 Å². The Kier molecular flexibility index (Phi) is 7.49. The second-order valence-corrected chi connectivity index (χ2v) is 5.39. The second kappa shape index (κ2) is 8.91. The fraction of sp³-hybridized carbons (Fsp3) is 0.500. The summed E-state index contributed by atoms with van der Waals surface area (Å²) in [6, 6.07) is 6.05. The van der Waals surface area contributed by atoms with E-state index in [-0.39, 0.29) is 12.6 Å². The Hall–Kier alpha value is -1.10. The van der Waals surface area contributed by atoms with Gasteiger partial charge in [-0.15, -0.1) is 11.8 Å². The van der Waals surface area contributed by atoms with Crippen molar-refractivity contribution in [2.45, 2.75) is 31.5 Å². The van der Waals surface area contributed by atoms with Gasteiger partial charge in [-0.3, -0.25) is 0 Å². The summed E-state index contributed by atoms with van der Waals surface area (Å²) in [7, 11) is 2.19. The van der Waals surface area contributed by atoms with Gasteiger partial charge in [0.15, 0.2) is 6.61 Å². The highest BCUT2D eigenvalue weighted by molar-refractivity contribution is 7.99. The van der Waals surface area contributed by atoms with E-state index in [1.54, 1.807) is 6.92 Å². The summed E-state index contributed by atoms with van der Waals surface area (Å²) in [4.78, 5) is 12.5. The molecule has 19 heavy (non-hydrogen) atoms. The molecule has 5 heteroatoms. The SMILES string of the molecule is BCCCSc1ccc(OCC(=O)OCC)c(C)c1. The lowest BCUT2D eigenvalue weighted by Gasteiger charge is -2.10. The van der Waals surface area contributed by atoms with Crippen LogP contribution in [0.1, 0.15) is 18.9 Å². The largest absolute Gasteiger partial charge is 0.482 e. The molecule has 0 fully saturated rings. The molecule has 0 atom stereocenters. The van der Waals surface area contributed by atoms with Crippen LogP contribution in [0.15, 0.2) is 23.1 Å². The molecule has 1 rings (SSSR count). The van der Waals surface area contributed by atoms with Crippen LogP contribution in [-0.4, -0.2) is 32.8 Å². The first-order valence-electron chi connectivity index (χ1n) is 6.69. The number of hydrogen-bond acceptors (Lipinski definition) is 4. The van der Waals surface area contributed by atoms with Crippen molar-refractivity contribution in [1.82, 2.24) is 0 Å². The molecular weight excluding hydrogens is 259 g/mol. The fourth-order valence-corrected chi connectivity index (χ4v) is 2.64. The average Bonchev–Trinajstić information content (AvgIpc) is 2.38. The van der Waals surface area contributed by atoms with Crippen LogP contribution >= 0.6 is 11.8 Å². The van der Waals surface area contributed by atoms with Crippen molar-refractivity contribution in [1.29, 1.82) is 0 Å². The van der Waals surface area contributed by atoms with Gasteiger partial charge in [-0.25, -0.2) is 4.79 Å². The molecule has 0 amide bonds. The lowest BCUT2D eigenvalue weighted by molar-refractivity contribution is -0.145. The standard InChI is InChI=1S/C14H21BO3S/c1-3-17-14(16)10-18-13-6-5-12(9-11(13)2)19-8-4-7-15/h5-6,9H,3-4,7-8,10,15H2,1-2H3. The topological polar surface area (TPSA) is 35.5 Å². The van der Waals surface area contributed by atoms with E-state index in [0.29, 0.717) is 6.61 Å². The number of ether oxygens (including phenoxy) is 2. The first-order chi connectivity index (χ1) is 9.17. The van der Waals surface area contributed by atoms with Crippen molar-refractivity contribution in [3.63, 3.8) is 0 Å². The molecule has 0 aliphatic heterocycles. The van der Waals surface area contributed by atoms with E-state index in [2.05, 4.69) is 13.9 Å². The maximum Gasteiger partial charge on any atom is 0.344 e. The number of esters is 1. The number of thioether (sulfide) groups is 1. The first kappa shape index (κ1) is 16.0. The van der Waals surface area contributed by atoms with Crippen LogP contribution < -0.4 is 4.74 Å². The summed E-state index contributed by atoms with van der Waals surface area (Å²) >= 11 is 1.85. The molecule has 0 bridgehead atoms. The lowest BCUT2D eigenvalue weighted by Crippen LogP contribution is -2.14. The molecular formula is C14H21BO3S. The maximum absolute atomic E-state index is 11.2. The minimum Gasteiger partial charge on any atom is -0.482 e. The molecule has 0 unspecified atom stereocenters. The van der Waals surface area contributed by atoms with E-state index in [0.717, 1.165) is 17.1 Å². The van der Waals surface area contributed by atoms with Crippen molar-refractivity contribution in [3.05, 3.63) is 23.8 Å². The minimum atomic E-state index is -0.330. The van der Waals surface area contributed by atoms with E-state index in [1.807, 2.05) is 30.8 Å². The van der Waals surface area contributed by atoms with Crippen LogP contribution in [0.25, 0.3) is 0 Å². The third-order valence-electron chi connectivity index (χ3n) is 2.56. The average molecular weight is 280 g/mol. The van der Waals surface area contributed by atoms with Crippen molar-refractivity contribution in [2.75, 3.05) is 19.0 Å². The maximum atomic E-state index is 11.2. The summed E-state index contributed by atoms with van der Waals surface area (Å²) in [6.07, 6.45) is 2.44. The Bertz CT molecular complexity index is 410. The number of carbonyl (C=O) groups excluding carboxylic acids is 1. The van der Waals surface area contributed by atoms with Crippen LogP contribution in [0, 0.1) is 6.92 Å². The second-order valence-electron chi connectivity index (χ2n) is 4.22. The Morgan fingerprint density at radius 2 is 2.21 bits per heavy atom. The smallest absolute Gasteiger partial charge is 0.344 e. The van der Waals surface area contributed by atoms with Crippen molar-refractivity contribution < 1.29 is 14.3 Å². The van der Waals surface area contributed by atoms with E-state index in [4.69, 9.17) is 9.47 Å². The van der Waals surface area contributed by atoms with Gasteiger partial charge in [0, 0.05) is 4.90 Å². The molecule has 0 aliphatic rings. The zero-order valence-electron chi connectivity index (χ0n) is 11.9. The van der Waals surface area contributed by atoms with E-state index >= 15 is 0 Å². The molecule has 0 aliphatic carbocycles. The first-order valence-corrected chi connectivity index (χ1v) is 7.67. The predicted molar refractivity (Wildman–Crippen MR) is 82.0 cm³/mol. The molecule has 0 N–H and O–H groups in total. The molecule has 104 valence electrons. The number of carbonyl (C=O) groups is 1. The highest BCUT2D eigenvalue weighted by Crippen LogP contribution is 2.26. The zero-order valence-corrected chi connectivity index (χ0v) is 12.7. The van der Waals surface area contributed by atoms with Crippen LogP contribution in [-0.2, 0) is 9.53 Å². The van der Waals surface area contributed by atoms with E-state index in [1.165, 1.54) is 17.6 Å². The monoisotopic (exact) mass is 280 g/mol. The summed E-state index contributed by atoms with van der Waals surface area (Å²) in [5.74, 6) is 1.55. The molecule has 0 heterocycles. The van der Waals surface area contributed by atoms with Gasteiger partial charge in [0.05, 0.1) is 6.61 Å². The summed E-state index contributed by atoms with van der Waals surface area (Å²) in [6.45, 7) is 4.13. The lowest BCUT2D eigenvalue weighted by atomic mass is 10.0. The van der Waals surface area contributed by atoms with Gasteiger partial charge in [-0.1, -0.05) is 12.7 Å². The van der Waals surface area contributed by atoms with Gasteiger partial charge in [0.2, 0.25) is 0 Å². The Morgan fingerprint density at radius 1 is 1.42 bits per heavy atom. The van der Waals surface area contributed by atoms with Gasteiger partial charge < -0.3 is 9.47 Å². The number of benzene rings is 1. The molecule has 1 aromatic rings. The third kappa shape index (κ3) is 6.05. The van der Waals surface area contributed by atoms with E-state index < -0.39 is 0 Å². The van der Waals surface area contributed by atoms with Gasteiger partial charge in [-0.05, 0) is 43.4 Å². The third-order valence-corrected chi connectivity index (χ3v) is 3.64. The van der Waals surface area contributed by atoms with Crippen LogP contribution in [0.5, 0.6) is 5.75 Å². The molecule has 0 radical (unpaired) electrons. The van der Waals surface area contributed by atoms with Crippen LogP contribution in [0.2, 0.25) is 6.32 Å². The highest BCUT2D eigenvalue weighted by Gasteiger charge is 2.06. The van der Waals surface area contributed by atoms with E-state index in [9.17, 15) is 4.79 Å². The Morgan fingerprint density at radius 3 is 2.84 bits per heavy atom. The Labute approximate surface area is 120 Å². The van der Waals surface area contributed by atoms with Crippen molar-refractivity contribution in [3.8, 4) is 5.75 Å². The summed E-state index contributed by atoms with van der Waals surface area (Å²) in [5, 5.41) is 0. The molecule has 0 saturated carbocycles. The fourth-order valence-electron chi connectivity index (χ4n) is 1.55. The predicted octanol–water partition coefficient (Wildman–Crippen LogP) is 2.47. The molecule has 1 aromatic carbocycles. The minimum absolute atomic E-state index is 0.0307. The highest BCUT2D eigenvalue weighted by atomic mass is 32.2. The van der Waals surface area contributed by atoms with Crippen molar-refractivity contribution >= 4 is 25.6 Å². The number of hydrogen-bond donors (Lipinski definition) is 0. The normalized spacial score (nSPS) is 10.2.